The molecule has 4 heteroatoms. The van der Waals surface area contributed by atoms with Gasteiger partial charge in [-0.15, -0.1) is 0 Å². The number of carbonyl (C=O) groups excluding carboxylic acids is 1. The summed E-state index contributed by atoms with van der Waals surface area (Å²) < 4.78 is 5.40. The van der Waals surface area contributed by atoms with Gasteiger partial charge in [0.05, 0.1) is 5.69 Å². The summed E-state index contributed by atoms with van der Waals surface area (Å²) in [5.41, 5.74) is 8.31. The van der Waals surface area contributed by atoms with Gasteiger partial charge in [-0.3, -0.25) is 4.79 Å². The Morgan fingerprint density at radius 2 is 1.86 bits per heavy atom. The van der Waals surface area contributed by atoms with Crippen molar-refractivity contribution >= 4 is 17.3 Å². The van der Waals surface area contributed by atoms with Crippen molar-refractivity contribution in [3.8, 4) is 5.75 Å². The molecule has 4 nitrogen and oxygen atoms in total. The molecule has 2 aromatic carbocycles. The molecule has 0 heterocycles. The number of amides is 1. The van der Waals surface area contributed by atoms with E-state index in [4.69, 9.17) is 10.5 Å². The minimum Gasteiger partial charge on any atom is -0.482 e. The number of ether oxygens (including phenoxy) is 1. The van der Waals surface area contributed by atoms with Gasteiger partial charge in [-0.2, -0.15) is 0 Å². The number of rotatable bonds is 6. The number of nitrogen functional groups attached to an aromatic ring is 1. The number of para-hydroxylation sites is 2. The minimum atomic E-state index is -0.207. The number of anilines is 2. The fourth-order valence-corrected chi connectivity index (χ4v) is 2.00. The average Bonchev–Trinajstić information content (AvgIpc) is 2.49. The van der Waals surface area contributed by atoms with Crippen LogP contribution in [0.25, 0.3) is 0 Å². The maximum atomic E-state index is 11.8. The van der Waals surface area contributed by atoms with Gasteiger partial charge in [-0.25, -0.2) is 0 Å². The van der Waals surface area contributed by atoms with Crippen LogP contribution in [0.15, 0.2) is 48.5 Å². The zero-order valence-corrected chi connectivity index (χ0v) is 12.1. The molecule has 0 atom stereocenters. The third kappa shape index (κ3) is 4.53. The highest BCUT2D eigenvalue weighted by Gasteiger charge is 2.05. The summed E-state index contributed by atoms with van der Waals surface area (Å²) >= 11 is 0. The molecular formula is C17H20N2O2. The van der Waals surface area contributed by atoms with Gasteiger partial charge in [-0.05, 0) is 36.2 Å². The first-order valence-corrected chi connectivity index (χ1v) is 7.05. The molecule has 2 aromatic rings. The molecule has 0 saturated carbocycles. The van der Waals surface area contributed by atoms with Crippen LogP contribution in [0.5, 0.6) is 5.75 Å². The molecule has 0 aliphatic heterocycles. The lowest BCUT2D eigenvalue weighted by Crippen LogP contribution is -2.20. The highest BCUT2D eigenvalue weighted by Crippen LogP contribution is 2.19. The fourth-order valence-electron chi connectivity index (χ4n) is 2.00. The van der Waals surface area contributed by atoms with Gasteiger partial charge in [0.25, 0.3) is 5.91 Å². The zero-order chi connectivity index (χ0) is 15.1. The number of nitrogens with two attached hydrogens (primary N) is 1. The van der Waals surface area contributed by atoms with Crippen LogP contribution in [0, 0.1) is 0 Å². The summed E-state index contributed by atoms with van der Waals surface area (Å²) in [6, 6.07) is 15.0. The van der Waals surface area contributed by atoms with E-state index < -0.39 is 0 Å². The van der Waals surface area contributed by atoms with Crippen LogP contribution >= 0.6 is 0 Å². The van der Waals surface area contributed by atoms with Crippen molar-refractivity contribution in [1.29, 1.82) is 0 Å². The summed E-state index contributed by atoms with van der Waals surface area (Å²) in [6.45, 7) is 2.08. The van der Waals surface area contributed by atoms with Crippen LogP contribution in [0.1, 0.15) is 18.9 Å². The Morgan fingerprint density at radius 1 is 1.14 bits per heavy atom. The van der Waals surface area contributed by atoms with Gasteiger partial charge in [-0.1, -0.05) is 37.6 Å². The van der Waals surface area contributed by atoms with Crippen LogP contribution in [0.4, 0.5) is 11.4 Å². The highest BCUT2D eigenvalue weighted by molar-refractivity contribution is 5.91. The Bertz CT molecular complexity index is 594. The number of nitrogens with one attached hydrogen (secondary N) is 1. The number of hydrogen-bond acceptors (Lipinski definition) is 3. The van der Waals surface area contributed by atoms with E-state index in [1.54, 1.807) is 12.1 Å². The molecule has 0 fully saturated rings. The first kappa shape index (κ1) is 14.9. The van der Waals surface area contributed by atoms with Crippen molar-refractivity contribution in [1.82, 2.24) is 0 Å². The first-order valence-electron chi connectivity index (χ1n) is 7.05. The third-order valence-corrected chi connectivity index (χ3v) is 3.05. The quantitative estimate of drug-likeness (QED) is 0.800. The van der Waals surface area contributed by atoms with Gasteiger partial charge < -0.3 is 15.8 Å². The monoisotopic (exact) mass is 284 g/mol. The van der Waals surface area contributed by atoms with Crippen molar-refractivity contribution in [3.05, 3.63) is 54.1 Å². The number of aryl methyl sites for hydroxylation is 1. The second kappa shape index (κ2) is 7.33. The molecule has 1 amide bonds. The summed E-state index contributed by atoms with van der Waals surface area (Å²) in [6.07, 6.45) is 2.16. The van der Waals surface area contributed by atoms with Crippen LogP contribution in [-0.4, -0.2) is 12.5 Å². The average molecular weight is 284 g/mol. The molecule has 0 spiro atoms. The number of carbonyl (C=O) groups is 1. The lowest BCUT2D eigenvalue weighted by Gasteiger charge is -2.09. The molecule has 2 rings (SSSR count). The van der Waals surface area contributed by atoms with Crippen molar-refractivity contribution in [3.63, 3.8) is 0 Å². The molecule has 3 N–H and O–H groups in total. The molecule has 0 radical (unpaired) electrons. The summed E-state index contributed by atoms with van der Waals surface area (Å²) in [5.74, 6) is 0.312. The molecule has 21 heavy (non-hydrogen) atoms. The Hall–Kier alpha value is -2.49. The standard InChI is InChI=1S/C17H20N2O2/c1-2-5-13-8-10-14(11-9-13)19-17(20)12-21-16-7-4-3-6-15(16)18/h3-4,6-11H,2,5,12,18H2,1H3,(H,19,20). The Labute approximate surface area is 124 Å². The molecule has 0 saturated heterocycles. The summed E-state index contributed by atoms with van der Waals surface area (Å²) in [4.78, 5) is 11.8. The normalized spacial score (nSPS) is 10.1. The Morgan fingerprint density at radius 3 is 2.52 bits per heavy atom. The SMILES string of the molecule is CCCc1ccc(NC(=O)COc2ccccc2N)cc1. The van der Waals surface area contributed by atoms with E-state index in [0.717, 1.165) is 18.5 Å². The van der Waals surface area contributed by atoms with Crippen molar-refractivity contribution in [2.75, 3.05) is 17.7 Å². The Kier molecular flexibility index (Phi) is 5.21. The predicted octanol–water partition coefficient (Wildman–Crippen LogP) is 3.24. The van der Waals surface area contributed by atoms with E-state index >= 15 is 0 Å². The van der Waals surface area contributed by atoms with Gasteiger partial charge >= 0.3 is 0 Å². The van der Waals surface area contributed by atoms with E-state index in [2.05, 4.69) is 12.2 Å². The second-order valence-corrected chi connectivity index (χ2v) is 4.82. The molecule has 0 bridgehead atoms. The predicted molar refractivity (Wildman–Crippen MR) is 85.4 cm³/mol. The van der Waals surface area contributed by atoms with Crippen LogP contribution < -0.4 is 15.8 Å². The van der Waals surface area contributed by atoms with Crippen LogP contribution in [-0.2, 0) is 11.2 Å². The number of benzene rings is 2. The van der Waals surface area contributed by atoms with E-state index in [0.29, 0.717) is 11.4 Å². The van der Waals surface area contributed by atoms with Crippen molar-refractivity contribution < 1.29 is 9.53 Å². The van der Waals surface area contributed by atoms with E-state index in [1.807, 2.05) is 36.4 Å². The minimum absolute atomic E-state index is 0.0646. The summed E-state index contributed by atoms with van der Waals surface area (Å²) in [7, 11) is 0. The maximum absolute atomic E-state index is 11.8. The molecule has 0 aromatic heterocycles. The van der Waals surface area contributed by atoms with Crippen LogP contribution in [0.2, 0.25) is 0 Å². The smallest absolute Gasteiger partial charge is 0.262 e. The lowest BCUT2D eigenvalue weighted by molar-refractivity contribution is -0.118. The molecule has 110 valence electrons. The molecule has 0 aliphatic rings. The first-order chi connectivity index (χ1) is 10.2. The van der Waals surface area contributed by atoms with Gasteiger partial charge in [0.1, 0.15) is 5.75 Å². The third-order valence-electron chi connectivity index (χ3n) is 3.05. The van der Waals surface area contributed by atoms with Gasteiger partial charge in [0, 0.05) is 5.69 Å². The zero-order valence-electron chi connectivity index (χ0n) is 12.1. The second-order valence-electron chi connectivity index (χ2n) is 4.82. The Balaban J connectivity index is 1.85. The van der Waals surface area contributed by atoms with Crippen LogP contribution in [0.3, 0.4) is 0 Å². The maximum Gasteiger partial charge on any atom is 0.262 e. The number of hydrogen-bond donors (Lipinski definition) is 2. The fraction of sp³-hybridized carbons (Fsp3) is 0.235. The molecular weight excluding hydrogens is 264 g/mol. The topological polar surface area (TPSA) is 64.3 Å². The van der Waals surface area contributed by atoms with E-state index in [-0.39, 0.29) is 12.5 Å². The largest absolute Gasteiger partial charge is 0.482 e. The molecule has 0 aliphatic carbocycles. The van der Waals surface area contributed by atoms with Crippen molar-refractivity contribution in [2.24, 2.45) is 0 Å². The van der Waals surface area contributed by atoms with Gasteiger partial charge in [0.15, 0.2) is 6.61 Å². The molecule has 0 unspecified atom stereocenters. The van der Waals surface area contributed by atoms with E-state index in [1.165, 1.54) is 5.56 Å². The van der Waals surface area contributed by atoms with Crippen molar-refractivity contribution in [2.45, 2.75) is 19.8 Å². The van der Waals surface area contributed by atoms with E-state index in [9.17, 15) is 4.79 Å². The highest BCUT2D eigenvalue weighted by atomic mass is 16.5. The van der Waals surface area contributed by atoms with Gasteiger partial charge in [0.2, 0.25) is 0 Å². The summed E-state index contributed by atoms with van der Waals surface area (Å²) in [5, 5.41) is 2.80. The lowest BCUT2D eigenvalue weighted by atomic mass is 10.1.